The average Bonchev–Trinajstić information content (AvgIpc) is 2.76. The van der Waals surface area contributed by atoms with Crippen LogP contribution in [0, 0.1) is 0 Å². The van der Waals surface area contributed by atoms with Crippen LogP contribution in [-0.2, 0) is 35.2 Å². The highest BCUT2D eigenvalue weighted by Gasteiger charge is 2.42. The summed E-state index contributed by atoms with van der Waals surface area (Å²) < 4.78 is 44.6. The van der Waals surface area contributed by atoms with Crippen molar-refractivity contribution < 1.29 is 27.8 Å². The van der Waals surface area contributed by atoms with Gasteiger partial charge in [-0.1, -0.05) is 0 Å². The number of halogens is 4. The van der Waals surface area contributed by atoms with Gasteiger partial charge in [-0.25, -0.2) is 9.97 Å². The summed E-state index contributed by atoms with van der Waals surface area (Å²) in [6.45, 7) is 1.10. The molecule has 0 unspecified atom stereocenters. The number of rotatable bonds is 4. The summed E-state index contributed by atoms with van der Waals surface area (Å²) in [6.07, 6.45) is -3.68. The topological polar surface area (TPSA) is 114 Å². The smallest absolute Gasteiger partial charge is 0.399 e. The highest BCUT2D eigenvalue weighted by Crippen LogP contribution is 2.33. The Bertz CT molecular complexity index is 1060. The number of hydrogen-bond donors (Lipinski definition) is 3. The summed E-state index contributed by atoms with van der Waals surface area (Å²) in [4.78, 5) is 23.0. The van der Waals surface area contributed by atoms with Gasteiger partial charge < -0.3 is 25.8 Å². The molecule has 0 bridgehead atoms. The predicted octanol–water partition coefficient (Wildman–Crippen LogP) is 2.77. The van der Waals surface area contributed by atoms with Crippen LogP contribution in [0.3, 0.4) is 0 Å². The van der Waals surface area contributed by atoms with Crippen LogP contribution in [0.1, 0.15) is 35.2 Å². The molecule has 1 aromatic carbocycles. The van der Waals surface area contributed by atoms with E-state index in [0.29, 0.717) is 48.8 Å². The monoisotopic (exact) mass is 485 g/mol. The van der Waals surface area contributed by atoms with Crippen LogP contribution in [0.15, 0.2) is 18.2 Å². The quantitative estimate of drug-likeness (QED) is 0.450. The molecule has 1 aromatic heterocycles. The average molecular weight is 486 g/mol. The third-order valence-corrected chi connectivity index (χ3v) is 6.01. The second-order valence-electron chi connectivity index (χ2n) is 8.20. The highest BCUT2D eigenvalue weighted by atomic mass is 35.5. The van der Waals surface area contributed by atoms with Crippen LogP contribution in [-0.4, -0.2) is 51.2 Å². The summed E-state index contributed by atoms with van der Waals surface area (Å²) in [5.41, 5.74) is 4.87. The lowest BCUT2D eigenvalue weighted by Gasteiger charge is -2.37. The minimum absolute atomic E-state index is 0.00310. The lowest BCUT2D eigenvalue weighted by molar-refractivity contribution is -0.161. The number of aromatic nitrogens is 2. The van der Waals surface area contributed by atoms with Crippen molar-refractivity contribution in [3.05, 3.63) is 45.9 Å². The number of nitrogen functional groups attached to an aromatic ring is 1. The molecule has 1 fully saturated rings. The van der Waals surface area contributed by atoms with Crippen LogP contribution < -0.4 is 11.1 Å². The molecule has 1 amide bonds. The van der Waals surface area contributed by atoms with E-state index in [1.54, 1.807) is 4.90 Å². The van der Waals surface area contributed by atoms with Gasteiger partial charge >= 0.3 is 6.18 Å². The molecule has 2 aromatic rings. The van der Waals surface area contributed by atoms with E-state index in [4.69, 9.17) is 22.1 Å². The van der Waals surface area contributed by atoms with Gasteiger partial charge in [0.1, 0.15) is 11.4 Å². The summed E-state index contributed by atoms with van der Waals surface area (Å²) in [5, 5.41) is 13.8. The first-order chi connectivity index (χ1) is 15.5. The number of hydrogen-bond acceptors (Lipinski definition) is 7. The fraction of sp³-hybridized carbons (Fsp3) is 0.476. The summed E-state index contributed by atoms with van der Waals surface area (Å²) >= 11 is 6.05. The van der Waals surface area contributed by atoms with Gasteiger partial charge in [0, 0.05) is 56.8 Å². The van der Waals surface area contributed by atoms with Crippen molar-refractivity contribution >= 4 is 29.0 Å². The second-order valence-corrected chi connectivity index (χ2v) is 8.54. The van der Waals surface area contributed by atoms with Crippen LogP contribution >= 0.6 is 11.6 Å². The first kappa shape index (κ1) is 23.5. The molecule has 178 valence electrons. The number of benzene rings is 1. The van der Waals surface area contributed by atoms with Crippen molar-refractivity contribution in [1.29, 1.82) is 0 Å². The van der Waals surface area contributed by atoms with Crippen LogP contribution in [0.5, 0.6) is 0 Å². The first-order valence-electron chi connectivity index (χ1n) is 10.4. The zero-order valence-corrected chi connectivity index (χ0v) is 18.3. The molecule has 1 saturated heterocycles. The third-order valence-electron chi connectivity index (χ3n) is 5.84. The molecule has 3 heterocycles. The van der Waals surface area contributed by atoms with E-state index < -0.39 is 17.3 Å². The molecule has 0 aliphatic carbocycles. The summed E-state index contributed by atoms with van der Waals surface area (Å²) in [6, 6.07) is 3.32. The lowest BCUT2D eigenvalue weighted by atomic mass is 9.91. The van der Waals surface area contributed by atoms with Crippen molar-refractivity contribution in [2.45, 2.75) is 44.1 Å². The zero-order chi connectivity index (χ0) is 23.8. The number of nitrogens with one attached hydrogen (secondary N) is 1. The molecule has 12 heteroatoms. The number of nitrogens with two attached hydrogens (primary N) is 1. The van der Waals surface area contributed by atoms with Gasteiger partial charge in [-0.15, -0.1) is 0 Å². The molecular formula is C21H23ClF3N5O3. The fourth-order valence-corrected chi connectivity index (χ4v) is 4.28. The minimum Gasteiger partial charge on any atom is -0.399 e. The normalized spacial score (nSPS) is 18.0. The number of ether oxygens (including phenoxy) is 1. The first-order valence-corrected chi connectivity index (χ1v) is 10.8. The molecule has 2 aliphatic rings. The van der Waals surface area contributed by atoms with E-state index in [1.165, 1.54) is 6.07 Å². The number of carbonyl (C=O) groups is 1. The Morgan fingerprint density at radius 1 is 1.27 bits per heavy atom. The lowest BCUT2D eigenvalue weighted by Crippen LogP contribution is -2.53. The molecular weight excluding hydrogens is 463 g/mol. The molecule has 0 atom stereocenters. The van der Waals surface area contributed by atoms with Crippen LogP contribution in [0.2, 0.25) is 5.28 Å². The number of carbonyl (C=O) groups excluding carboxylic acids is 1. The van der Waals surface area contributed by atoms with E-state index in [1.807, 2.05) is 0 Å². The van der Waals surface area contributed by atoms with Crippen molar-refractivity contribution in [2.75, 3.05) is 30.8 Å². The van der Waals surface area contributed by atoms with Crippen molar-refractivity contribution in [3.8, 4) is 0 Å². The van der Waals surface area contributed by atoms with E-state index in [2.05, 4.69) is 15.3 Å². The number of fused-ring (bicyclic) bond motifs is 1. The van der Waals surface area contributed by atoms with Gasteiger partial charge in [-0.3, -0.25) is 4.79 Å². The molecule has 2 aliphatic heterocycles. The molecule has 0 radical (unpaired) electrons. The standard InChI is InChI=1S/C21H23ClF3N5O3/c22-19-28-16-1-4-30(18(31)20(32)2-5-33-6-3-20)11-15(16)17(29-19)27-10-12-7-13(21(23,24)25)9-14(26)8-12/h7-9,32H,1-6,10-11,26H2,(H,27,28,29). The Hall–Kier alpha value is -2.63. The third kappa shape index (κ3) is 5.15. The maximum atomic E-state index is 13.1. The van der Waals surface area contributed by atoms with Gasteiger partial charge in [0.25, 0.3) is 5.91 Å². The minimum atomic E-state index is -4.52. The number of anilines is 2. The van der Waals surface area contributed by atoms with E-state index in [0.717, 1.165) is 12.1 Å². The highest BCUT2D eigenvalue weighted by molar-refractivity contribution is 6.28. The number of alkyl halides is 3. The molecule has 4 N–H and O–H groups in total. The Morgan fingerprint density at radius 3 is 2.70 bits per heavy atom. The molecule has 0 spiro atoms. The second kappa shape index (κ2) is 8.96. The number of amides is 1. The van der Waals surface area contributed by atoms with Gasteiger partial charge in [0.05, 0.1) is 17.8 Å². The Morgan fingerprint density at radius 2 is 2.00 bits per heavy atom. The largest absolute Gasteiger partial charge is 0.416 e. The Labute approximate surface area is 192 Å². The number of nitrogens with zero attached hydrogens (tertiary/aromatic N) is 3. The molecule has 33 heavy (non-hydrogen) atoms. The summed E-state index contributed by atoms with van der Waals surface area (Å²) in [5.74, 6) is -0.0690. The van der Waals surface area contributed by atoms with Gasteiger partial charge in [-0.2, -0.15) is 13.2 Å². The SMILES string of the molecule is Nc1cc(CNc2nc(Cl)nc3c2CN(C(=O)C2(O)CCOCC2)CC3)cc(C(F)(F)F)c1. The van der Waals surface area contributed by atoms with Crippen LogP contribution in [0.4, 0.5) is 24.7 Å². The van der Waals surface area contributed by atoms with Crippen molar-refractivity contribution in [3.63, 3.8) is 0 Å². The van der Waals surface area contributed by atoms with Crippen molar-refractivity contribution in [2.24, 2.45) is 0 Å². The van der Waals surface area contributed by atoms with E-state index in [9.17, 15) is 23.1 Å². The Kier molecular flexibility index (Phi) is 6.39. The zero-order valence-electron chi connectivity index (χ0n) is 17.6. The molecule has 4 rings (SSSR count). The van der Waals surface area contributed by atoms with Crippen molar-refractivity contribution in [1.82, 2.24) is 14.9 Å². The van der Waals surface area contributed by atoms with Gasteiger partial charge in [0.2, 0.25) is 5.28 Å². The van der Waals surface area contributed by atoms with Gasteiger partial charge in [0.15, 0.2) is 0 Å². The predicted molar refractivity (Wildman–Crippen MR) is 114 cm³/mol. The summed E-state index contributed by atoms with van der Waals surface area (Å²) in [7, 11) is 0. The van der Waals surface area contributed by atoms with Gasteiger partial charge in [-0.05, 0) is 35.4 Å². The molecule has 0 saturated carbocycles. The van der Waals surface area contributed by atoms with E-state index in [-0.39, 0.29) is 42.8 Å². The van der Waals surface area contributed by atoms with E-state index >= 15 is 0 Å². The Balaban J connectivity index is 1.55. The maximum Gasteiger partial charge on any atom is 0.416 e. The number of aliphatic hydroxyl groups is 1. The maximum absolute atomic E-state index is 13.1. The molecule has 8 nitrogen and oxygen atoms in total. The van der Waals surface area contributed by atoms with Crippen LogP contribution in [0.25, 0.3) is 0 Å². The fourth-order valence-electron chi connectivity index (χ4n) is 4.09.